The second-order valence-corrected chi connectivity index (χ2v) is 5.19. The summed E-state index contributed by atoms with van der Waals surface area (Å²) in [5.74, 6) is -0.0225. The van der Waals surface area contributed by atoms with Gasteiger partial charge in [-0.3, -0.25) is 0 Å². The van der Waals surface area contributed by atoms with Gasteiger partial charge in [-0.15, -0.1) is 0 Å². The van der Waals surface area contributed by atoms with E-state index in [-0.39, 0.29) is 5.91 Å². The van der Waals surface area contributed by atoms with Crippen LogP contribution in [0.25, 0.3) is 0 Å². The van der Waals surface area contributed by atoms with Crippen molar-refractivity contribution in [1.82, 2.24) is 4.90 Å². The monoisotopic (exact) mass is 245 g/mol. The van der Waals surface area contributed by atoms with Crippen LogP contribution < -0.4 is 0 Å². The zero-order chi connectivity index (χ0) is 12.2. The molecule has 0 saturated heterocycles. The van der Waals surface area contributed by atoms with Gasteiger partial charge in [0.05, 0.1) is 0 Å². The van der Waals surface area contributed by atoms with Gasteiger partial charge in [-0.25, -0.2) is 0 Å². The van der Waals surface area contributed by atoms with Gasteiger partial charge >= 0.3 is 0 Å². The third-order valence-corrected chi connectivity index (χ3v) is 4.00. The first kappa shape index (κ1) is 16.1. The van der Waals surface area contributed by atoms with Gasteiger partial charge in [0.2, 0.25) is 0 Å². The van der Waals surface area contributed by atoms with Crippen molar-refractivity contribution < 1.29 is 9.47 Å². The molecule has 0 heterocycles. The molecule has 3 nitrogen and oxygen atoms in total. The predicted molar refractivity (Wildman–Crippen MR) is 69.8 cm³/mol. The third-order valence-electron chi connectivity index (χ3n) is 2.57. The van der Waals surface area contributed by atoms with Crippen LogP contribution in [0.3, 0.4) is 0 Å². The Balaban J connectivity index is 3.79. The number of nitrogens with zero attached hydrogens (tertiary/aromatic N) is 1. The molecule has 0 N–H and O–H groups in total. The minimum absolute atomic E-state index is 0.0225. The van der Waals surface area contributed by atoms with E-state index in [0.717, 1.165) is 6.17 Å². The van der Waals surface area contributed by atoms with Crippen molar-refractivity contribution in [2.75, 3.05) is 33.5 Å². The van der Waals surface area contributed by atoms with Crippen molar-refractivity contribution in [2.45, 2.75) is 45.4 Å². The van der Waals surface area contributed by atoms with E-state index in [9.17, 15) is 0 Å². The number of hydrogen-bond acceptors (Lipinski definition) is 3. The molecule has 96 valence electrons. The van der Waals surface area contributed by atoms with E-state index in [2.05, 4.69) is 18.7 Å². The summed E-state index contributed by atoms with van der Waals surface area (Å²) in [6, 6.07) is 0. The summed E-state index contributed by atoms with van der Waals surface area (Å²) < 4.78 is 10.4. The molecule has 0 aromatic rings. The van der Waals surface area contributed by atoms with Crippen LogP contribution >= 0.6 is 0 Å². The van der Waals surface area contributed by atoms with Crippen LogP contribution in [0.15, 0.2) is 0 Å². The summed E-state index contributed by atoms with van der Waals surface area (Å²) in [5.41, 5.74) is 0. The summed E-state index contributed by atoms with van der Waals surface area (Å²) in [6.45, 7) is 6.91. The lowest BCUT2D eigenvalue weighted by Gasteiger charge is -2.23. The summed E-state index contributed by atoms with van der Waals surface area (Å²) in [7, 11) is 4.13. The number of unbranched alkanes of at least 4 members (excludes halogenated alkanes) is 2. The minimum Gasteiger partial charge on any atom is -0.360 e. The molecule has 0 atom stereocenters. The standard InChI is InChI=1S/C12H27NO2Si/c1-5-7-9-13(10-8-6-2)11-16-12(14-3)15-4/h12H,5-11H2,1-4H3. The molecule has 0 spiro atoms. The number of rotatable bonds is 11. The van der Waals surface area contributed by atoms with Crippen LogP contribution in [0.5, 0.6) is 0 Å². The first-order valence-corrected chi connectivity index (χ1v) is 7.58. The lowest BCUT2D eigenvalue weighted by atomic mass is 10.3. The molecular weight excluding hydrogens is 218 g/mol. The molecule has 0 fully saturated rings. The molecule has 4 heteroatoms. The zero-order valence-electron chi connectivity index (χ0n) is 11.3. The van der Waals surface area contributed by atoms with E-state index in [1.54, 1.807) is 14.2 Å². The van der Waals surface area contributed by atoms with E-state index in [1.165, 1.54) is 38.8 Å². The van der Waals surface area contributed by atoms with Gasteiger partial charge < -0.3 is 14.4 Å². The lowest BCUT2D eigenvalue weighted by Crippen LogP contribution is -2.36. The fourth-order valence-corrected chi connectivity index (χ4v) is 2.56. The van der Waals surface area contributed by atoms with Crippen molar-refractivity contribution >= 4 is 9.52 Å². The minimum atomic E-state index is -0.0225. The van der Waals surface area contributed by atoms with Crippen LogP contribution in [0.4, 0.5) is 0 Å². The van der Waals surface area contributed by atoms with Crippen LogP contribution in [0, 0.1) is 0 Å². The van der Waals surface area contributed by atoms with E-state index in [4.69, 9.17) is 9.47 Å². The van der Waals surface area contributed by atoms with E-state index in [0.29, 0.717) is 9.52 Å². The molecule has 0 aliphatic heterocycles. The maximum atomic E-state index is 5.22. The highest BCUT2D eigenvalue weighted by Crippen LogP contribution is 1.99. The van der Waals surface area contributed by atoms with Gasteiger partial charge in [0.25, 0.3) is 0 Å². The number of ether oxygens (including phenoxy) is 2. The highest BCUT2D eigenvalue weighted by Gasteiger charge is 2.10. The van der Waals surface area contributed by atoms with Crippen molar-refractivity contribution in [1.29, 1.82) is 0 Å². The maximum absolute atomic E-state index is 5.22. The van der Waals surface area contributed by atoms with Crippen molar-refractivity contribution in [3.63, 3.8) is 0 Å². The van der Waals surface area contributed by atoms with Crippen LogP contribution in [0.1, 0.15) is 39.5 Å². The Hall–Kier alpha value is 0.0969. The van der Waals surface area contributed by atoms with Crippen LogP contribution in [-0.2, 0) is 9.47 Å². The van der Waals surface area contributed by atoms with E-state index >= 15 is 0 Å². The molecule has 0 rings (SSSR count). The summed E-state index contributed by atoms with van der Waals surface area (Å²) in [6.07, 6.45) is 6.22. The Bertz CT molecular complexity index is 135. The second-order valence-electron chi connectivity index (χ2n) is 3.99. The first-order chi connectivity index (χ1) is 7.78. The van der Waals surface area contributed by atoms with Gasteiger partial charge in [-0.1, -0.05) is 26.7 Å². The second kappa shape index (κ2) is 11.6. The molecular formula is C12H27NO2Si. The molecule has 0 amide bonds. The zero-order valence-corrected chi connectivity index (χ0v) is 12.3. The predicted octanol–water partition coefficient (Wildman–Crippen LogP) is 2.13. The van der Waals surface area contributed by atoms with Gasteiger partial charge in [-0.05, 0) is 32.1 Å². The molecule has 0 aliphatic carbocycles. The molecule has 0 aromatic carbocycles. The average Bonchev–Trinajstić information content (AvgIpc) is 2.32. The largest absolute Gasteiger partial charge is 0.360 e. The van der Waals surface area contributed by atoms with Crippen LogP contribution in [-0.4, -0.2) is 53.8 Å². The van der Waals surface area contributed by atoms with Crippen molar-refractivity contribution in [3.8, 4) is 0 Å². The van der Waals surface area contributed by atoms with Gasteiger partial charge in [0, 0.05) is 14.2 Å². The Morgan fingerprint density at radius 1 is 1.00 bits per heavy atom. The molecule has 16 heavy (non-hydrogen) atoms. The quantitative estimate of drug-likeness (QED) is 0.411. The first-order valence-electron chi connectivity index (χ1n) is 6.29. The molecule has 0 aromatic heterocycles. The lowest BCUT2D eigenvalue weighted by molar-refractivity contribution is -0.0449. The fraction of sp³-hybridized carbons (Fsp3) is 1.00. The topological polar surface area (TPSA) is 21.7 Å². The molecule has 2 radical (unpaired) electrons. The van der Waals surface area contributed by atoms with Crippen molar-refractivity contribution in [3.05, 3.63) is 0 Å². The normalized spacial score (nSPS) is 11.6. The highest BCUT2D eigenvalue weighted by atomic mass is 28.2. The Labute approximate surface area is 103 Å². The van der Waals surface area contributed by atoms with Gasteiger partial charge in [0.1, 0.15) is 15.4 Å². The number of hydrogen-bond donors (Lipinski definition) is 0. The fourth-order valence-electron chi connectivity index (χ4n) is 1.50. The van der Waals surface area contributed by atoms with Crippen LogP contribution in [0.2, 0.25) is 0 Å². The number of methoxy groups -OCH3 is 2. The summed E-state index contributed by atoms with van der Waals surface area (Å²) in [4.78, 5) is 2.54. The maximum Gasteiger partial charge on any atom is 0.137 e. The Morgan fingerprint density at radius 2 is 1.50 bits per heavy atom. The molecule has 0 aliphatic rings. The van der Waals surface area contributed by atoms with E-state index < -0.39 is 0 Å². The SMILES string of the molecule is CCCCN(CCCC)C[Si]C(OC)OC. The summed E-state index contributed by atoms with van der Waals surface area (Å²) >= 11 is 0. The molecule has 0 bridgehead atoms. The summed E-state index contributed by atoms with van der Waals surface area (Å²) in [5, 5.41) is 0. The van der Waals surface area contributed by atoms with Gasteiger partial charge in [-0.2, -0.15) is 0 Å². The smallest absolute Gasteiger partial charge is 0.137 e. The third kappa shape index (κ3) is 8.27. The van der Waals surface area contributed by atoms with Crippen molar-refractivity contribution in [2.24, 2.45) is 0 Å². The molecule has 0 unspecified atom stereocenters. The average molecular weight is 245 g/mol. The van der Waals surface area contributed by atoms with E-state index in [1.807, 2.05) is 0 Å². The van der Waals surface area contributed by atoms with Gasteiger partial charge in [0.15, 0.2) is 0 Å². The Morgan fingerprint density at radius 3 is 1.88 bits per heavy atom. The molecule has 0 saturated carbocycles. The Kier molecular flexibility index (Phi) is 11.6. The highest BCUT2D eigenvalue weighted by molar-refractivity contribution is 6.36.